The van der Waals surface area contributed by atoms with Crippen LogP contribution in [0, 0.1) is 0 Å². The zero-order valence-corrected chi connectivity index (χ0v) is 8.77. The van der Waals surface area contributed by atoms with Gasteiger partial charge in [-0.25, -0.2) is 0 Å². The summed E-state index contributed by atoms with van der Waals surface area (Å²) in [5.74, 6) is 0. The lowest BCUT2D eigenvalue weighted by Crippen LogP contribution is -1.53. The minimum Gasteiger partial charge on any atom is -0.0991 e. The maximum absolute atomic E-state index is 3.58. The summed E-state index contributed by atoms with van der Waals surface area (Å²) in [6.07, 6.45) is 22.8. The molecule has 0 heterocycles. The fraction of sp³-hybridized carbons (Fsp3) is 0.143. The topological polar surface area (TPSA) is 0 Å². The standard InChI is InChI=1S/C14H18/c1-3-5-7-9-11-13-14-12-10-8-6-4-2/h3,5-14H,1,4H2,2H3/b7-5+,8-6+,11-9+,12-10+,14-13+. The molecule has 0 radical (unpaired) electrons. The van der Waals surface area contributed by atoms with Gasteiger partial charge in [-0.1, -0.05) is 80.3 Å². The van der Waals surface area contributed by atoms with Gasteiger partial charge >= 0.3 is 0 Å². The van der Waals surface area contributed by atoms with E-state index in [1.54, 1.807) is 6.08 Å². The monoisotopic (exact) mass is 186 g/mol. The molecule has 0 aromatic rings. The molecule has 0 saturated heterocycles. The predicted molar refractivity (Wildman–Crippen MR) is 66.2 cm³/mol. The Labute approximate surface area is 87.3 Å². The Morgan fingerprint density at radius 1 is 0.714 bits per heavy atom. The Morgan fingerprint density at radius 2 is 1.14 bits per heavy atom. The fourth-order valence-electron chi connectivity index (χ4n) is 0.742. The number of hydrogen-bond donors (Lipinski definition) is 0. The molecule has 0 unspecified atom stereocenters. The molecule has 0 bridgehead atoms. The first-order valence-corrected chi connectivity index (χ1v) is 4.86. The SMILES string of the molecule is C=C/C=C/C=C/C=C/C=C/C=C/CC. The second-order valence-corrected chi connectivity index (χ2v) is 2.61. The summed E-state index contributed by atoms with van der Waals surface area (Å²) in [5, 5.41) is 0. The van der Waals surface area contributed by atoms with Crippen molar-refractivity contribution in [1.82, 2.24) is 0 Å². The van der Waals surface area contributed by atoms with E-state index in [-0.39, 0.29) is 0 Å². The van der Waals surface area contributed by atoms with Crippen LogP contribution in [0.25, 0.3) is 0 Å². The molecule has 0 atom stereocenters. The van der Waals surface area contributed by atoms with Crippen LogP contribution in [0.15, 0.2) is 73.4 Å². The molecular formula is C14H18. The molecule has 0 nitrogen and oxygen atoms in total. The Bertz CT molecular complexity index is 260. The van der Waals surface area contributed by atoms with Gasteiger partial charge in [0.1, 0.15) is 0 Å². The normalized spacial score (nSPS) is 13.2. The second kappa shape index (κ2) is 11.4. The van der Waals surface area contributed by atoms with Gasteiger partial charge in [-0.05, 0) is 6.42 Å². The molecule has 0 N–H and O–H groups in total. The molecule has 14 heavy (non-hydrogen) atoms. The van der Waals surface area contributed by atoms with Crippen LogP contribution in [0.1, 0.15) is 13.3 Å². The maximum Gasteiger partial charge on any atom is -0.0376 e. The minimum absolute atomic E-state index is 1.08. The quantitative estimate of drug-likeness (QED) is 0.540. The molecule has 74 valence electrons. The molecule has 0 rings (SSSR count). The van der Waals surface area contributed by atoms with Crippen LogP contribution in [0.4, 0.5) is 0 Å². The van der Waals surface area contributed by atoms with Crippen LogP contribution in [0.2, 0.25) is 0 Å². The summed E-state index contributed by atoms with van der Waals surface area (Å²) in [5.41, 5.74) is 0. The molecule has 0 aliphatic rings. The molecular weight excluding hydrogens is 168 g/mol. The molecule has 0 amide bonds. The first kappa shape index (κ1) is 12.4. The van der Waals surface area contributed by atoms with E-state index in [0.717, 1.165) is 6.42 Å². The highest BCUT2D eigenvalue weighted by molar-refractivity contribution is 5.18. The van der Waals surface area contributed by atoms with E-state index >= 15 is 0 Å². The maximum atomic E-state index is 3.58. The average molecular weight is 186 g/mol. The van der Waals surface area contributed by atoms with E-state index in [2.05, 4.69) is 19.6 Å². The third kappa shape index (κ3) is 10.4. The zero-order valence-electron chi connectivity index (χ0n) is 8.77. The van der Waals surface area contributed by atoms with Crippen molar-refractivity contribution in [3.05, 3.63) is 73.4 Å². The third-order valence-electron chi connectivity index (χ3n) is 1.40. The van der Waals surface area contributed by atoms with E-state index in [1.165, 1.54) is 0 Å². The lowest BCUT2D eigenvalue weighted by Gasteiger charge is -1.75. The summed E-state index contributed by atoms with van der Waals surface area (Å²) < 4.78 is 0. The third-order valence-corrected chi connectivity index (χ3v) is 1.40. The van der Waals surface area contributed by atoms with Crippen LogP contribution < -0.4 is 0 Å². The summed E-state index contributed by atoms with van der Waals surface area (Å²) >= 11 is 0. The zero-order chi connectivity index (χ0) is 10.5. The van der Waals surface area contributed by atoms with Crippen molar-refractivity contribution in [3.8, 4) is 0 Å². The van der Waals surface area contributed by atoms with E-state index in [4.69, 9.17) is 0 Å². The molecule has 0 aliphatic heterocycles. The average Bonchev–Trinajstić information content (AvgIpc) is 2.21. The van der Waals surface area contributed by atoms with Crippen LogP contribution in [-0.2, 0) is 0 Å². The highest BCUT2D eigenvalue weighted by Gasteiger charge is 1.63. The van der Waals surface area contributed by atoms with Gasteiger partial charge in [-0.2, -0.15) is 0 Å². The lowest BCUT2D eigenvalue weighted by molar-refractivity contribution is 1.22. The number of allylic oxidation sites excluding steroid dienone is 11. The van der Waals surface area contributed by atoms with Gasteiger partial charge in [-0.15, -0.1) is 0 Å². The van der Waals surface area contributed by atoms with Crippen LogP contribution >= 0.6 is 0 Å². The van der Waals surface area contributed by atoms with E-state index in [1.807, 2.05) is 54.7 Å². The smallest absolute Gasteiger partial charge is 0.0376 e. The van der Waals surface area contributed by atoms with E-state index in [9.17, 15) is 0 Å². The van der Waals surface area contributed by atoms with Gasteiger partial charge in [0.15, 0.2) is 0 Å². The van der Waals surface area contributed by atoms with Gasteiger partial charge in [0.25, 0.3) is 0 Å². The number of rotatable bonds is 6. The number of hydrogen-bond acceptors (Lipinski definition) is 0. The predicted octanol–water partition coefficient (Wildman–Crippen LogP) is 4.36. The summed E-state index contributed by atoms with van der Waals surface area (Å²) in [4.78, 5) is 0. The Kier molecular flexibility index (Phi) is 10.2. The van der Waals surface area contributed by atoms with Crippen LogP contribution in [0.5, 0.6) is 0 Å². The molecule has 0 saturated carbocycles. The van der Waals surface area contributed by atoms with Crippen molar-refractivity contribution >= 4 is 0 Å². The molecule has 0 aliphatic carbocycles. The first-order valence-electron chi connectivity index (χ1n) is 4.86. The van der Waals surface area contributed by atoms with Crippen molar-refractivity contribution in [2.45, 2.75) is 13.3 Å². The summed E-state index contributed by atoms with van der Waals surface area (Å²) in [7, 11) is 0. The Balaban J connectivity index is 3.67. The largest absolute Gasteiger partial charge is 0.0991 e. The highest BCUT2D eigenvalue weighted by atomic mass is 13.7. The van der Waals surface area contributed by atoms with Gasteiger partial charge in [-0.3, -0.25) is 0 Å². The summed E-state index contributed by atoms with van der Waals surface area (Å²) in [6, 6.07) is 0. The van der Waals surface area contributed by atoms with Gasteiger partial charge in [0.05, 0.1) is 0 Å². The minimum atomic E-state index is 1.08. The lowest BCUT2D eigenvalue weighted by atomic mass is 10.3. The van der Waals surface area contributed by atoms with E-state index < -0.39 is 0 Å². The highest BCUT2D eigenvalue weighted by Crippen LogP contribution is 1.85. The first-order chi connectivity index (χ1) is 6.91. The molecule has 0 aromatic heterocycles. The van der Waals surface area contributed by atoms with Crippen molar-refractivity contribution in [2.24, 2.45) is 0 Å². The molecule has 0 heteroatoms. The van der Waals surface area contributed by atoms with Crippen LogP contribution in [-0.4, -0.2) is 0 Å². The van der Waals surface area contributed by atoms with Crippen molar-refractivity contribution in [1.29, 1.82) is 0 Å². The Morgan fingerprint density at radius 3 is 1.57 bits per heavy atom. The van der Waals surface area contributed by atoms with Crippen molar-refractivity contribution in [2.75, 3.05) is 0 Å². The Hall–Kier alpha value is -1.56. The fourth-order valence-corrected chi connectivity index (χ4v) is 0.742. The van der Waals surface area contributed by atoms with Crippen molar-refractivity contribution < 1.29 is 0 Å². The van der Waals surface area contributed by atoms with Gasteiger partial charge < -0.3 is 0 Å². The molecule has 0 spiro atoms. The molecule has 0 fully saturated rings. The van der Waals surface area contributed by atoms with Crippen LogP contribution in [0.3, 0.4) is 0 Å². The molecule has 0 aromatic carbocycles. The van der Waals surface area contributed by atoms with Crippen molar-refractivity contribution in [3.63, 3.8) is 0 Å². The summed E-state index contributed by atoms with van der Waals surface area (Å²) in [6.45, 7) is 5.70. The second-order valence-electron chi connectivity index (χ2n) is 2.61. The van der Waals surface area contributed by atoms with Gasteiger partial charge in [0, 0.05) is 0 Å². The van der Waals surface area contributed by atoms with E-state index in [0.29, 0.717) is 0 Å². The van der Waals surface area contributed by atoms with Gasteiger partial charge in [0.2, 0.25) is 0 Å².